The largest absolute Gasteiger partial charge is 0.321 e. The molecule has 11 heteroatoms. The number of benzene rings is 2. The minimum Gasteiger partial charge on any atom is -0.321 e. The van der Waals surface area contributed by atoms with Crippen molar-refractivity contribution in [2.24, 2.45) is 11.1 Å². The number of primary sulfonamides is 1. The smallest absolute Gasteiger partial charge is 0.274 e. The van der Waals surface area contributed by atoms with Crippen molar-refractivity contribution in [3.05, 3.63) is 54.0 Å². The van der Waals surface area contributed by atoms with Gasteiger partial charge in [0, 0.05) is 29.5 Å². The van der Waals surface area contributed by atoms with Gasteiger partial charge < -0.3 is 5.32 Å². The summed E-state index contributed by atoms with van der Waals surface area (Å²) in [6.07, 6.45) is 0.430. The molecule has 0 radical (unpaired) electrons. The van der Waals surface area contributed by atoms with Crippen molar-refractivity contribution in [1.82, 2.24) is 9.78 Å². The number of carbonyl (C=O) groups is 1. The van der Waals surface area contributed by atoms with Crippen LogP contribution in [0.25, 0.3) is 10.9 Å². The first-order valence-corrected chi connectivity index (χ1v) is 11.1. The van der Waals surface area contributed by atoms with E-state index in [4.69, 9.17) is 5.14 Å². The number of amides is 1. The highest BCUT2D eigenvalue weighted by molar-refractivity contribution is 7.89. The second-order valence-corrected chi connectivity index (χ2v) is 9.13. The van der Waals surface area contributed by atoms with E-state index < -0.39 is 33.6 Å². The number of hydrogen-bond acceptors (Lipinski definition) is 4. The van der Waals surface area contributed by atoms with Gasteiger partial charge in [0.1, 0.15) is 11.5 Å². The zero-order chi connectivity index (χ0) is 22.4. The van der Waals surface area contributed by atoms with E-state index in [1.165, 1.54) is 35.0 Å². The Morgan fingerprint density at radius 3 is 2.71 bits per heavy atom. The molecule has 7 nitrogen and oxygen atoms in total. The Morgan fingerprint density at radius 1 is 1.26 bits per heavy atom. The van der Waals surface area contributed by atoms with Gasteiger partial charge in [-0.15, -0.1) is 0 Å². The second kappa shape index (κ2) is 7.65. The molecule has 0 spiro atoms. The Labute approximate surface area is 176 Å². The standard InChI is InChI=1S/C20H19F3N4O3S/c21-13-6-7-16-17(9-13)26-27(11-12-3-2-8-20(12,22)23)18(16)19(28)25-14-4-1-5-15(10-14)31(24,29)30/h1,4-7,9-10,12H,2-3,8,11H2,(H,25,28)(H2,24,29,30). The highest BCUT2D eigenvalue weighted by Gasteiger charge is 2.44. The number of carbonyl (C=O) groups excluding carboxylic acids is 1. The molecule has 1 fully saturated rings. The van der Waals surface area contributed by atoms with Gasteiger partial charge in [0.15, 0.2) is 0 Å². The second-order valence-electron chi connectivity index (χ2n) is 7.57. The number of aromatic nitrogens is 2. The summed E-state index contributed by atoms with van der Waals surface area (Å²) in [5, 5.41) is 12.2. The number of nitrogens with zero attached hydrogens (tertiary/aromatic N) is 2. The van der Waals surface area contributed by atoms with Crippen molar-refractivity contribution in [3.8, 4) is 0 Å². The molecule has 1 heterocycles. The molecule has 3 aromatic rings. The van der Waals surface area contributed by atoms with E-state index in [2.05, 4.69) is 10.4 Å². The summed E-state index contributed by atoms with van der Waals surface area (Å²) in [6.45, 7) is -0.205. The third kappa shape index (κ3) is 4.28. The fourth-order valence-corrected chi connectivity index (χ4v) is 4.41. The van der Waals surface area contributed by atoms with Gasteiger partial charge in [-0.2, -0.15) is 5.10 Å². The number of sulfonamides is 1. The highest BCUT2D eigenvalue weighted by atomic mass is 32.2. The van der Waals surface area contributed by atoms with E-state index >= 15 is 0 Å². The lowest BCUT2D eigenvalue weighted by Crippen LogP contribution is -2.28. The molecule has 0 bridgehead atoms. The SMILES string of the molecule is NS(=O)(=O)c1cccc(NC(=O)c2c3ccc(F)cc3nn2CC2CCCC2(F)F)c1. The van der Waals surface area contributed by atoms with Crippen LogP contribution in [-0.2, 0) is 16.6 Å². The van der Waals surface area contributed by atoms with Gasteiger partial charge in [0.2, 0.25) is 10.0 Å². The van der Waals surface area contributed by atoms with Crippen molar-refractivity contribution in [1.29, 1.82) is 0 Å². The summed E-state index contributed by atoms with van der Waals surface area (Å²) in [4.78, 5) is 12.9. The summed E-state index contributed by atoms with van der Waals surface area (Å²) in [6, 6.07) is 8.95. The van der Waals surface area contributed by atoms with Crippen LogP contribution < -0.4 is 10.5 Å². The first kappa shape index (κ1) is 21.3. The predicted molar refractivity (Wildman–Crippen MR) is 108 cm³/mol. The molecule has 164 valence electrons. The quantitative estimate of drug-likeness (QED) is 0.618. The summed E-state index contributed by atoms with van der Waals surface area (Å²) in [5.41, 5.74) is 0.286. The van der Waals surface area contributed by atoms with Gasteiger partial charge >= 0.3 is 0 Å². The summed E-state index contributed by atoms with van der Waals surface area (Å²) in [7, 11) is -3.99. The van der Waals surface area contributed by atoms with Crippen LogP contribution in [0.1, 0.15) is 29.8 Å². The van der Waals surface area contributed by atoms with Crippen molar-refractivity contribution in [3.63, 3.8) is 0 Å². The topological polar surface area (TPSA) is 107 Å². The average molecular weight is 452 g/mol. The molecule has 1 atom stereocenters. The van der Waals surface area contributed by atoms with E-state index in [-0.39, 0.29) is 41.2 Å². The maximum absolute atomic E-state index is 14.2. The molecule has 1 aliphatic rings. The van der Waals surface area contributed by atoms with E-state index in [1.54, 1.807) is 0 Å². The van der Waals surface area contributed by atoms with Crippen LogP contribution >= 0.6 is 0 Å². The summed E-state index contributed by atoms with van der Waals surface area (Å²) < 4.78 is 66.3. The maximum atomic E-state index is 14.2. The van der Waals surface area contributed by atoms with E-state index in [0.717, 1.165) is 12.1 Å². The number of alkyl halides is 2. The highest BCUT2D eigenvalue weighted by Crippen LogP contribution is 2.41. The van der Waals surface area contributed by atoms with Crippen LogP contribution in [0.5, 0.6) is 0 Å². The Bertz CT molecular complexity index is 1270. The van der Waals surface area contributed by atoms with Gasteiger partial charge in [-0.1, -0.05) is 6.07 Å². The third-order valence-electron chi connectivity index (χ3n) is 5.39. The lowest BCUT2D eigenvalue weighted by molar-refractivity contribution is -0.0434. The van der Waals surface area contributed by atoms with Gasteiger partial charge in [-0.05, 0) is 43.2 Å². The van der Waals surface area contributed by atoms with E-state index in [1.807, 2.05) is 0 Å². The van der Waals surface area contributed by atoms with Crippen molar-refractivity contribution in [2.75, 3.05) is 5.32 Å². The Hall–Kier alpha value is -2.92. The maximum Gasteiger partial charge on any atom is 0.274 e. The average Bonchev–Trinajstić information content (AvgIpc) is 3.20. The molecule has 0 aliphatic heterocycles. The lowest BCUT2D eigenvalue weighted by atomic mass is 10.1. The van der Waals surface area contributed by atoms with Gasteiger partial charge in [0.05, 0.1) is 17.0 Å². The monoisotopic (exact) mass is 452 g/mol. The molecule has 3 N–H and O–H groups in total. The molecule has 1 unspecified atom stereocenters. The normalized spacial score (nSPS) is 18.4. The number of rotatable bonds is 5. The van der Waals surface area contributed by atoms with Crippen LogP contribution in [0.3, 0.4) is 0 Å². The van der Waals surface area contributed by atoms with Crippen LogP contribution in [0, 0.1) is 11.7 Å². The Morgan fingerprint density at radius 2 is 2.03 bits per heavy atom. The molecule has 1 saturated carbocycles. The van der Waals surface area contributed by atoms with E-state index in [9.17, 15) is 26.4 Å². The fraction of sp³-hybridized carbons (Fsp3) is 0.300. The Kier molecular flexibility index (Phi) is 5.26. The predicted octanol–water partition coefficient (Wildman–Crippen LogP) is 3.51. The van der Waals surface area contributed by atoms with Crippen molar-refractivity contribution in [2.45, 2.75) is 36.6 Å². The fourth-order valence-electron chi connectivity index (χ4n) is 3.85. The molecule has 2 aromatic carbocycles. The third-order valence-corrected chi connectivity index (χ3v) is 6.30. The van der Waals surface area contributed by atoms with Gasteiger partial charge in [-0.3, -0.25) is 9.48 Å². The molecule has 31 heavy (non-hydrogen) atoms. The number of fused-ring (bicyclic) bond motifs is 1. The van der Waals surface area contributed by atoms with Gasteiger partial charge in [0.25, 0.3) is 11.8 Å². The zero-order valence-corrected chi connectivity index (χ0v) is 17.0. The molecular weight excluding hydrogens is 433 g/mol. The Balaban J connectivity index is 1.72. The summed E-state index contributed by atoms with van der Waals surface area (Å²) in [5.74, 6) is -5.14. The first-order valence-electron chi connectivity index (χ1n) is 9.53. The summed E-state index contributed by atoms with van der Waals surface area (Å²) >= 11 is 0. The van der Waals surface area contributed by atoms with Crippen LogP contribution in [0.4, 0.5) is 18.9 Å². The molecule has 1 aromatic heterocycles. The number of nitrogens with two attached hydrogens (primary N) is 1. The number of hydrogen-bond donors (Lipinski definition) is 2. The van der Waals surface area contributed by atoms with Crippen LogP contribution in [0.2, 0.25) is 0 Å². The zero-order valence-electron chi connectivity index (χ0n) is 16.2. The van der Waals surface area contributed by atoms with Crippen molar-refractivity contribution >= 4 is 32.5 Å². The number of nitrogens with one attached hydrogen (secondary N) is 1. The van der Waals surface area contributed by atoms with E-state index in [0.29, 0.717) is 11.8 Å². The molecule has 0 saturated heterocycles. The number of halogens is 3. The number of anilines is 1. The molecule has 1 amide bonds. The molecule has 1 aliphatic carbocycles. The van der Waals surface area contributed by atoms with Crippen LogP contribution in [-0.4, -0.2) is 30.0 Å². The van der Waals surface area contributed by atoms with Crippen LogP contribution in [0.15, 0.2) is 47.4 Å². The molecule has 4 rings (SSSR count). The first-order chi connectivity index (χ1) is 14.5. The molecular formula is C20H19F3N4O3S. The lowest BCUT2D eigenvalue weighted by Gasteiger charge is -2.20. The minimum atomic E-state index is -3.99. The van der Waals surface area contributed by atoms with Gasteiger partial charge in [-0.25, -0.2) is 26.7 Å². The minimum absolute atomic E-state index is 0.0151. The van der Waals surface area contributed by atoms with Crippen molar-refractivity contribution < 1.29 is 26.4 Å².